The molecule has 0 saturated carbocycles. The highest BCUT2D eigenvalue weighted by atomic mass is 35.5. The Morgan fingerprint density at radius 1 is 1.35 bits per heavy atom. The van der Waals surface area contributed by atoms with Gasteiger partial charge < -0.3 is 10.4 Å². The van der Waals surface area contributed by atoms with Gasteiger partial charge in [-0.3, -0.25) is 9.69 Å². The third kappa shape index (κ3) is 6.08. The second kappa shape index (κ2) is 8.87. The molecule has 0 aliphatic carbocycles. The average molecular weight is 405 g/mol. The van der Waals surface area contributed by atoms with Crippen molar-refractivity contribution in [3.05, 3.63) is 33.8 Å². The summed E-state index contributed by atoms with van der Waals surface area (Å²) in [7, 11) is 0. The summed E-state index contributed by atoms with van der Waals surface area (Å²) in [5.41, 5.74) is 0.137. The molecule has 146 valence electrons. The highest BCUT2D eigenvalue weighted by molar-refractivity contribution is 6.35. The summed E-state index contributed by atoms with van der Waals surface area (Å²) in [5, 5.41) is 13.7. The Labute approximate surface area is 164 Å². The molecule has 2 rings (SSSR count). The largest absolute Gasteiger partial charge is 0.391 e. The van der Waals surface area contributed by atoms with Crippen LogP contribution in [0.15, 0.2) is 18.2 Å². The van der Waals surface area contributed by atoms with Crippen LogP contribution >= 0.6 is 23.2 Å². The Bertz CT molecular complexity index is 616. The SMILES string of the molecule is CC(C)(C)[C@@H](O)CN1CC[C@H](CNC(=O)c2cc(Cl)cc(Cl)c2)[C@H](F)C1. The molecule has 1 saturated heterocycles. The number of rotatable bonds is 5. The zero-order valence-corrected chi connectivity index (χ0v) is 16.9. The number of halogens is 3. The van der Waals surface area contributed by atoms with E-state index in [9.17, 15) is 14.3 Å². The molecule has 0 bridgehead atoms. The first-order valence-corrected chi connectivity index (χ1v) is 9.60. The van der Waals surface area contributed by atoms with Gasteiger partial charge in [-0.2, -0.15) is 0 Å². The molecular formula is C19H27Cl2FN2O2. The Hall–Kier alpha value is -0.880. The molecule has 1 amide bonds. The lowest BCUT2D eigenvalue weighted by Gasteiger charge is -2.38. The predicted molar refractivity (Wildman–Crippen MR) is 104 cm³/mol. The zero-order valence-electron chi connectivity index (χ0n) is 15.4. The number of benzene rings is 1. The van der Waals surface area contributed by atoms with E-state index in [-0.39, 0.29) is 30.3 Å². The van der Waals surface area contributed by atoms with Gasteiger partial charge in [0.25, 0.3) is 5.91 Å². The molecule has 0 radical (unpaired) electrons. The number of carbonyl (C=O) groups excluding carboxylic acids is 1. The van der Waals surface area contributed by atoms with Gasteiger partial charge in [-0.1, -0.05) is 44.0 Å². The van der Waals surface area contributed by atoms with Gasteiger partial charge in [0.2, 0.25) is 0 Å². The van der Waals surface area contributed by atoms with Gasteiger partial charge >= 0.3 is 0 Å². The molecule has 1 aliphatic rings. The third-order valence-electron chi connectivity index (χ3n) is 4.84. The van der Waals surface area contributed by atoms with Crippen LogP contribution in [0.4, 0.5) is 4.39 Å². The number of piperidine rings is 1. The van der Waals surface area contributed by atoms with E-state index in [1.54, 1.807) is 6.07 Å². The maximum atomic E-state index is 14.5. The monoisotopic (exact) mass is 404 g/mol. The Morgan fingerprint density at radius 3 is 2.50 bits per heavy atom. The van der Waals surface area contributed by atoms with Gasteiger partial charge in [0.15, 0.2) is 0 Å². The molecule has 26 heavy (non-hydrogen) atoms. The quantitative estimate of drug-likeness (QED) is 0.784. The number of amides is 1. The number of hydrogen-bond donors (Lipinski definition) is 2. The van der Waals surface area contributed by atoms with Gasteiger partial charge in [0, 0.05) is 41.2 Å². The Kier molecular flexibility index (Phi) is 7.31. The Morgan fingerprint density at radius 2 is 1.96 bits per heavy atom. The molecule has 0 unspecified atom stereocenters. The summed E-state index contributed by atoms with van der Waals surface area (Å²) in [6.45, 7) is 7.61. The van der Waals surface area contributed by atoms with Gasteiger partial charge in [-0.25, -0.2) is 4.39 Å². The molecule has 2 N–H and O–H groups in total. The van der Waals surface area contributed by atoms with E-state index in [2.05, 4.69) is 5.32 Å². The van der Waals surface area contributed by atoms with Crippen LogP contribution in [0.2, 0.25) is 10.0 Å². The molecule has 1 aromatic rings. The van der Waals surface area contributed by atoms with Crippen molar-refractivity contribution in [3.63, 3.8) is 0 Å². The highest BCUT2D eigenvalue weighted by Gasteiger charge is 2.32. The lowest BCUT2D eigenvalue weighted by molar-refractivity contribution is 0.00151. The number of β-amino-alcohol motifs (C(OH)–C–C–N with tert-alkyl or cyclic N) is 1. The fourth-order valence-electron chi connectivity index (χ4n) is 2.94. The van der Waals surface area contributed by atoms with Crippen LogP contribution in [-0.4, -0.2) is 54.4 Å². The third-order valence-corrected chi connectivity index (χ3v) is 5.28. The van der Waals surface area contributed by atoms with Crippen LogP contribution in [0.1, 0.15) is 37.6 Å². The minimum Gasteiger partial charge on any atom is -0.391 e. The van der Waals surface area contributed by atoms with Crippen molar-refractivity contribution in [2.45, 2.75) is 39.5 Å². The van der Waals surface area contributed by atoms with E-state index in [4.69, 9.17) is 23.2 Å². The van der Waals surface area contributed by atoms with Crippen LogP contribution in [-0.2, 0) is 0 Å². The smallest absolute Gasteiger partial charge is 0.251 e. The lowest BCUT2D eigenvalue weighted by Crippen LogP contribution is -2.49. The molecule has 0 aromatic heterocycles. The fourth-order valence-corrected chi connectivity index (χ4v) is 3.47. The van der Waals surface area contributed by atoms with Crippen molar-refractivity contribution in [2.24, 2.45) is 11.3 Å². The van der Waals surface area contributed by atoms with Crippen LogP contribution in [0.5, 0.6) is 0 Å². The van der Waals surface area contributed by atoms with Gasteiger partial charge in [-0.05, 0) is 36.6 Å². The standard InChI is InChI=1S/C19H27Cl2FN2O2/c1-19(2,3)17(25)11-24-5-4-12(16(22)10-24)9-23-18(26)13-6-14(20)8-15(21)7-13/h6-8,12,16-17,25H,4-5,9-11H2,1-3H3,(H,23,26)/t12-,16-,17+/m1/s1. The second-order valence-corrected chi connectivity index (χ2v) is 8.95. The number of likely N-dealkylation sites (tertiary alicyclic amines) is 1. The lowest BCUT2D eigenvalue weighted by atomic mass is 9.87. The maximum absolute atomic E-state index is 14.5. The summed E-state index contributed by atoms with van der Waals surface area (Å²) < 4.78 is 14.5. The van der Waals surface area contributed by atoms with Crippen molar-refractivity contribution in [2.75, 3.05) is 26.2 Å². The first-order chi connectivity index (χ1) is 12.1. The number of aliphatic hydroxyl groups excluding tert-OH is 1. The molecular weight excluding hydrogens is 378 g/mol. The van der Waals surface area contributed by atoms with E-state index >= 15 is 0 Å². The van der Waals surface area contributed by atoms with Crippen molar-refractivity contribution in [3.8, 4) is 0 Å². The predicted octanol–water partition coefficient (Wildman–Crippen LogP) is 3.79. The number of alkyl halides is 1. The first-order valence-electron chi connectivity index (χ1n) is 8.85. The number of carbonyl (C=O) groups is 1. The van der Waals surface area contributed by atoms with Crippen molar-refractivity contribution < 1.29 is 14.3 Å². The van der Waals surface area contributed by atoms with E-state index in [0.29, 0.717) is 35.1 Å². The average Bonchev–Trinajstić information content (AvgIpc) is 2.52. The minimum absolute atomic E-state index is 0.227. The summed E-state index contributed by atoms with van der Waals surface area (Å²) in [6, 6.07) is 4.62. The van der Waals surface area contributed by atoms with Crippen molar-refractivity contribution in [1.29, 1.82) is 0 Å². The van der Waals surface area contributed by atoms with Crippen LogP contribution in [0, 0.1) is 11.3 Å². The van der Waals surface area contributed by atoms with Crippen molar-refractivity contribution >= 4 is 29.1 Å². The summed E-state index contributed by atoms with van der Waals surface area (Å²) >= 11 is 11.8. The number of nitrogens with one attached hydrogen (secondary N) is 1. The summed E-state index contributed by atoms with van der Waals surface area (Å²) in [4.78, 5) is 14.2. The molecule has 7 heteroatoms. The fraction of sp³-hybridized carbons (Fsp3) is 0.632. The van der Waals surface area contributed by atoms with E-state index in [1.807, 2.05) is 25.7 Å². The van der Waals surface area contributed by atoms with E-state index in [0.717, 1.165) is 0 Å². The van der Waals surface area contributed by atoms with E-state index < -0.39 is 12.3 Å². The normalized spacial score (nSPS) is 22.9. The van der Waals surface area contributed by atoms with Crippen LogP contribution < -0.4 is 5.32 Å². The molecule has 1 fully saturated rings. The zero-order chi connectivity index (χ0) is 19.5. The van der Waals surface area contributed by atoms with Gasteiger partial charge in [-0.15, -0.1) is 0 Å². The molecule has 3 atom stereocenters. The maximum Gasteiger partial charge on any atom is 0.251 e. The van der Waals surface area contributed by atoms with Crippen molar-refractivity contribution in [1.82, 2.24) is 10.2 Å². The second-order valence-electron chi connectivity index (χ2n) is 8.07. The molecule has 1 aromatic carbocycles. The molecule has 4 nitrogen and oxygen atoms in total. The topological polar surface area (TPSA) is 52.6 Å². The molecule has 0 spiro atoms. The summed E-state index contributed by atoms with van der Waals surface area (Å²) in [5.74, 6) is -0.552. The molecule has 1 heterocycles. The number of hydrogen-bond acceptors (Lipinski definition) is 3. The van der Waals surface area contributed by atoms with Crippen LogP contribution in [0.25, 0.3) is 0 Å². The van der Waals surface area contributed by atoms with Gasteiger partial charge in [0.1, 0.15) is 6.17 Å². The Balaban J connectivity index is 1.84. The number of aliphatic hydroxyl groups is 1. The van der Waals surface area contributed by atoms with Gasteiger partial charge in [0.05, 0.1) is 6.10 Å². The van der Waals surface area contributed by atoms with Crippen LogP contribution in [0.3, 0.4) is 0 Å². The minimum atomic E-state index is -1.04. The number of nitrogens with zero attached hydrogens (tertiary/aromatic N) is 1. The first kappa shape index (κ1) is 21.4. The van der Waals surface area contributed by atoms with E-state index in [1.165, 1.54) is 12.1 Å². The highest BCUT2D eigenvalue weighted by Crippen LogP contribution is 2.25. The molecule has 1 aliphatic heterocycles. The summed E-state index contributed by atoms with van der Waals surface area (Å²) in [6.07, 6.45) is -0.910.